The van der Waals surface area contributed by atoms with Crippen molar-refractivity contribution in [2.24, 2.45) is 11.3 Å². The van der Waals surface area contributed by atoms with Crippen LogP contribution in [-0.2, 0) is 9.53 Å². The molecule has 0 spiro atoms. The number of carbonyl (C=O) groups excluding carboxylic acids is 1. The predicted molar refractivity (Wildman–Crippen MR) is 68.3 cm³/mol. The molecule has 2 atom stereocenters. The number of ether oxygens (including phenoxy) is 1. The molecule has 3 aliphatic rings. The first-order valence-electron chi connectivity index (χ1n) is 7.11. The van der Waals surface area contributed by atoms with Gasteiger partial charge in [0.15, 0.2) is 0 Å². The van der Waals surface area contributed by atoms with Crippen LogP contribution in [0.2, 0.25) is 0 Å². The second-order valence-electron chi connectivity index (χ2n) is 5.72. The first kappa shape index (κ1) is 12.4. The molecule has 2 N–H and O–H groups in total. The van der Waals surface area contributed by atoms with E-state index in [1.54, 1.807) is 0 Å². The second kappa shape index (κ2) is 5.15. The van der Waals surface area contributed by atoms with Crippen molar-refractivity contribution in [3.05, 3.63) is 0 Å². The molecule has 0 unspecified atom stereocenters. The molecule has 0 aliphatic carbocycles. The van der Waals surface area contributed by atoms with Crippen molar-refractivity contribution in [2.45, 2.75) is 12.8 Å². The molecule has 102 valence electrons. The summed E-state index contributed by atoms with van der Waals surface area (Å²) in [5, 5.41) is 6.75. The Morgan fingerprint density at radius 2 is 2.22 bits per heavy atom. The fourth-order valence-corrected chi connectivity index (χ4v) is 3.51. The van der Waals surface area contributed by atoms with E-state index in [1.807, 2.05) is 0 Å². The number of amides is 1. The lowest BCUT2D eigenvalue weighted by Crippen LogP contribution is -2.53. The van der Waals surface area contributed by atoms with Gasteiger partial charge in [0, 0.05) is 32.8 Å². The van der Waals surface area contributed by atoms with Gasteiger partial charge in [-0.15, -0.1) is 0 Å². The largest absolute Gasteiger partial charge is 0.380 e. The summed E-state index contributed by atoms with van der Waals surface area (Å²) in [7, 11) is 0. The molecule has 0 aromatic rings. The zero-order valence-electron chi connectivity index (χ0n) is 10.9. The molecule has 3 saturated heterocycles. The van der Waals surface area contributed by atoms with Crippen LogP contribution >= 0.6 is 0 Å². The van der Waals surface area contributed by atoms with Crippen molar-refractivity contribution in [3.63, 3.8) is 0 Å². The van der Waals surface area contributed by atoms with Crippen LogP contribution in [-0.4, -0.2) is 63.3 Å². The van der Waals surface area contributed by atoms with E-state index in [-0.39, 0.29) is 5.41 Å². The summed E-state index contributed by atoms with van der Waals surface area (Å²) in [5.74, 6) is 0.788. The Morgan fingerprint density at radius 3 is 3.17 bits per heavy atom. The quantitative estimate of drug-likeness (QED) is 0.657. The Balaban J connectivity index is 1.76. The number of fused-ring (bicyclic) bond motifs is 1. The van der Waals surface area contributed by atoms with Gasteiger partial charge in [-0.25, -0.2) is 0 Å². The molecule has 1 amide bonds. The van der Waals surface area contributed by atoms with Crippen LogP contribution in [0.25, 0.3) is 0 Å². The van der Waals surface area contributed by atoms with Gasteiger partial charge in [0.05, 0.1) is 12.0 Å². The van der Waals surface area contributed by atoms with Crippen LogP contribution in [0.3, 0.4) is 0 Å². The van der Waals surface area contributed by atoms with Crippen LogP contribution in [0.5, 0.6) is 0 Å². The number of nitrogens with zero attached hydrogens (tertiary/aromatic N) is 1. The van der Waals surface area contributed by atoms with E-state index < -0.39 is 0 Å². The summed E-state index contributed by atoms with van der Waals surface area (Å²) in [6, 6.07) is 0. The van der Waals surface area contributed by atoms with Gasteiger partial charge in [0.2, 0.25) is 5.91 Å². The monoisotopic (exact) mass is 253 g/mol. The molecule has 3 rings (SSSR count). The summed E-state index contributed by atoms with van der Waals surface area (Å²) >= 11 is 0. The summed E-state index contributed by atoms with van der Waals surface area (Å²) in [4.78, 5) is 14.9. The maximum atomic E-state index is 12.9. The van der Waals surface area contributed by atoms with E-state index in [4.69, 9.17) is 4.74 Å². The minimum absolute atomic E-state index is 0.275. The first-order chi connectivity index (χ1) is 8.83. The summed E-state index contributed by atoms with van der Waals surface area (Å²) in [6.45, 7) is 6.85. The van der Waals surface area contributed by atoms with Gasteiger partial charge in [0.1, 0.15) is 0 Å². The molecule has 0 bridgehead atoms. The van der Waals surface area contributed by atoms with Gasteiger partial charge in [-0.2, -0.15) is 0 Å². The highest BCUT2D eigenvalue weighted by Gasteiger charge is 2.52. The van der Waals surface area contributed by atoms with E-state index in [1.165, 1.54) is 0 Å². The topological polar surface area (TPSA) is 53.6 Å². The van der Waals surface area contributed by atoms with Gasteiger partial charge in [-0.3, -0.25) is 4.79 Å². The molecule has 5 heteroatoms. The molecule has 5 nitrogen and oxygen atoms in total. The highest BCUT2D eigenvalue weighted by atomic mass is 16.5. The lowest BCUT2D eigenvalue weighted by Gasteiger charge is -2.40. The SMILES string of the molecule is O=C(N1CCCNCC1)[C@]12CNC[C@H]1CCOC2. The van der Waals surface area contributed by atoms with Gasteiger partial charge in [-0.1, -0.05) is 0 Å². The van der Waals surface area contributed by atoms with Gasteiger partial charge < -0.3 is 20.3 Å². The molecule has 0 aromatic heterocycles. The Labute approximate surface area is 108 Å². The third-order valence-corrected chi connectivity index (χ3v) is 4.64. The number of carbonyl (C=O) groups is 1. The molecule has 3 heterocycles. The van der Waals surface area contributed by atoms with Crippen molar-refractivity contribution in [3.8, 4) is 0 Å². The van der Waals surface area contributed by atoms with Crippen LogP contribution < -0.4 is 10.6 Å². The fourth-order valence-electron chi connectivity index (χ4n) is 3.51. The summed E-state index contributed by atoms with van der Waals surface area (Å²) in [5.41, 5.74) is -0.275. The minimum atomic E-state index is -0.275. The third kappa shape index (κ3) is 2.04. The number of hydrogen-bond donors (Lipinski definition) is 2. The Hall–Kier alpha value is -0.650. The Kier molecular flexibility index (Phi) is 3.54. The molecule has 3 fully saturated rings. The fraction of sp³-hybridized carbons (Fsp3) is 0.923. The third-order valence-electron chi connectivity index (χ3n) is 4.64. The molecule has 18 heavy (non-hydrogen) atoms. The van der Waals surface area contributed by atoms with Crippen molar-refractivity contribution < 1.29 is 9.53 Å². The predicted octanol–water partition coefficient (Wildman–Crippen LogP) is -0.566. The zero-order chi connectivity index (χ0) is 12.4. The maximum Gasteiger partial charge on any atom is 0.232 e. The van der Waals surface area contributed by atoms with Crippen molar-refractivity contribution in [1.29, 1.82) is 0 Å². The lowest BCUT2D eigenvalue weighted by molar-refractivity contribution is -0.152. The molecule has 0 saturated carbocycles. The van der Waals surface area contributed by atoms with E-state index in [2.05, 4.69) is 15.5 Å². The Morgan fingerprint density at radius 1 is 1.28 bits per heavy atom. The standard InChI is InChI=1S/C13H23N3O2/c17-12(16-5-1-3-14-4-6-16)13-9-15-8-11(13)2-7-18-10-13/h11,14-15H,1-10H2/t11-,13+/m1/s1. The van der Waals surface area contributed by atoms with Crippen molar-refractivity contribution in [1.82, 2.24) is 15.5 Å². The molecule has 0 radical (unpaired) electrons. The summed E-state index contributed by atoms with van der Waals surface area (Å²) < 4.78 is 5.63. The Bertz CT molecular complexity index is 315. The smallest absolute Gasteiger partial charge is 0.232 e. The zero-order valence-corrected chi connectivity index (χ0v) is 10.9. The van der Waals surface area contributed by atoms with Crippen LogP contribution in [0.4, 0.5) is 0 Å². The maximum absolute atomic E-state index is 12.9. The molecular formula is C13H23N3O2. The number of rotatable bonds is 1. The lowest BCUT2D eigenvalue weighted by atomic mass is 9.74. The molecule has 3 aliphatic heterocycles. The minimum Gasteiger partial charge on any atom is -0.380 e. The average Bonchev–Trinajstić information content (AvgIpc) is 2.66. The van der Waals surface area contributed by atoms with Crippen molar-refractivity contribution in [2.75, 3.05) is 52.5 Å². The molecule has 0 aromatic carbocycles. The second-order valence-corrected chi connectivity index (χ2v) is 5.72. The first-order valence-corrected chi connectivity index (χ1v) is 7.11. The van der Waals surface area contributed by atoms with Crippen LogP contribution in [0.1, 0.15) is 12.8 Å². The molecular weight excluding hydrogens is 230 g/mol. The van der Waals surface area contributed by atoms with E-state index in [0.717, 1.165) is 58.7 Å². The van der Waals surface area contributed by atoms with Gasteiger partial charge >= 0.3 is 0 Å². The van der Waals surface area contributed by atoms with E-state index in [0.29, 0.717) is 18.4 Å². The highest BCUT2D eigenvalue weighted by molar-refractivity contribution is 5.84. The van der Waals surface area contributed by atoms with Gasteiger partial charge in [0.25, 0.3) is 0 Å². The van der Waals surface area contributed by atoms with E-state index >= 15 is 0 Å². The van der Waals surface area contributed by atoms with Gasteiger partial charge in [-0.05, 0) is 31.8 Å². The summed E-state index contributed by atoms with van der Waals surface area (Å²) in [6.07, 6.45) is 2.08. The number of nitrogens with one attached hydrogen (secondary N) is 2. The average molecular weight is 253 g/mol. The number of hydrogen-bond acceptors (Lipinski definition) is 4. The van der Waals surface area contributed by atoms with Crippen LogP contribution in [0, 0.1) is 11.3 Å². The van der Waals surface area contributed by atoms with Crippen molar-refractivity contribution >= 4 is 5.91 Å². The van der Waals surface area contributed by atoms with E-state index in [9.17, 15) is 4.79 Å². The normalized spacial score (nSPS) is 37.1. The van der Waals surface area contributed by atoms with Crippen LogP contribution in [0.15, 0.2) is 0 Å². The highest BCUT2D eigenvalue weighted by Crippen LogP contribution is 2.39.